The Balaban J connectivity index is 1.76. The van der Waals surface area contributed by atoms with Crippen molar-refractivity contribution < 1.29 is 9.53 Å². The lowest BCUT2D eigenvalue weighted by Crippen LogP contribution is -2.37. The summed E-state index contributed by atoms with van der Waals surface area (Å²) in [7, 11) is 0. The summed E-state index contributed by atoms with van der Waals surface area (Å²) in [6, 6.07) is 0.291. The van der Waals surface area contributed by atoms with Crippen molar-refractivity contribution in [2.24, 2.45) is 0 Å². The number of thiazole rings is 1. The van der Waals surface area contributed by atoms with Crippen LogP contribution >= 0.6 is 11.3 Å². The number of carbonyl (C=O) groups excluding carboxylic acids is 1. The van der Waals surface area contributed by atoms with Crippen molar-refractivity contribution in [1.29, 1.82) is 0 Å². The van der Waals surface area contributed by atoms with Crippen LogP contribution in [0.5, 0.6) is 5.06 Å². The number of ether oxygens (including phenoxy) is 1. The van der Waals surface area contributed by atoms with Crippen molar-refractivity contribution in [3.05, 3.63) is 11.7 Å². The Labute approximate surface area is 92.7 Å². The van der Waals surface area contributed by atoms with Crippen LogP contribution in [-0.4, -0.2) is 17.1 Å². The Morgan fingerprint density at radius 1 is 1.47 bits per heavy atom. The second kappa shape index (κ2) is 5.11. The number of hydrogen-bond acceptors (Lipinski definition) is 4. The van der Waals surface area contributed by atoms with Gasteiger partial charge < -0.3 is 10.1 Å². The minimum absolute atomic E-state index is 0.291. The standard InChI is InChI=1S/C10H14N2O2S/c13-10(14-9-6-11-7-15-9)12-8-4-2-1-3-5-8/h6-8H,1-5H2,(H,12,13). The molecule has 1 saturated carbocycles. The summed E-state index contributed by atoms with van der Waals surface area (Å²) in [5.74, 6) is 0. The van der Waals surface area contributed by atoms with Gasteiger partial charge in [-0.3, -0.25) is 0 Å². The maximum absolute atomic E-state index is 11.4. The summed E-state index contributed by atoms with van der Waals surface area (Å²) >= 11 is 1.32. The zero-order chi connectivity index (χ0) is 10.5. The van der Waals surface area contributed by atoms with Crippen molar-refractivity contribution in [1.82, 2.24) is 10.3 Å². The minimum atomic E-state index is -0.355. The third-order valence-corrected chi connectivity index (χ3v) is 3.18. The molecule has 0 aliphatic heterocycles. The lowest BCUT2D eigenvalue weighted by atomic mass is 9.96. The van der Waals surface area contributed by atoms with Gasteiger partial charge in [-0.25, -0.2) is 9.78 Å². The Morgan fingerprint density at radius 3 is 2.93 bits per heavy atom. The lowest BCUT2D eigenvalue weighted by molar-refractivity contribution is 0.193. The number of nitrogens with one attached hydrogen (secondary N) is 1. The van der Waals surface area contributed by atoms with Crippen molar-refractivity contribution in [3.8, 4) is 5.06 Å². The molecule has 0 aromatic carbocycles. The Bertz CT molecular complexity index is 307. The maximum atomic E-state index is 11.4. The van der Waals surface area contributed by atoms with Crippen LogP contribution in [0.15, 0.2) is 11.7 Å². The van der Waals surface area contributed by atoms with Gasteiger partial charge in [0.05, 0.1) is 11.7 Å². The number of carbonyl (C=O) groups is 1. The molecule has 4 nitrogen and oxygen atoms in total. The summed E-state index contributed by atoms with van der Waals surface area (Å²) in [6.45, 7) is 0. The average Bonchev–Trinajstić information content (AvgIpc) is 2.71. The monoisotopic (exact) mass is 226 g/mol. The first kappa shape index (κ1) is 10.4. The van der Waals surface area contributed by atoms with Gasteiger partial charge in [-0.1, -0.05) is 30.6 Å². The highest BCUT2D eigenvalue weighted by Crippen LogP contribution is 2.19. The maximum Gasteiger partial charge on any atom is 0.413 e. The number of amides is 1. The van der Waals surface area contributed by atoms with Crippen LogP contribution in [0.25, 0.3) is 0 Å². The number of aromatic nitrogens is 1. The molecule has 0 saturated heterocycles. The Morgan fingerprint density at radius 2 is 2.27 bits per heavy atom. The van der Waals surface area contributed by atoms with Crippen LogP contribution in [0.4, 0.5) is 4.79 Å². The molecule has 1 N–H and O–H groups in total. The highest BCUT2D eigenvalue weighted by Gasteiger charge is 2.16. The van der Waals surface area contributed by atoms with Crippen LogP contribution in [0.3, 0.4) is 0 Å². The normalized spacial score (nSPS) is 17.3. The number of hydrogen-bond donors (Lipinski definition) is 1. The van der Waals surface area contributed by atoms with Gasteiger partial charge in [-0.05, 0) is 12.8 Å². The summed E-state index contributed by atoms with van der Waals surface area (Å²) in [4.78, 5) is 15.3. The largest absolute Gasteiger partial charge is 0.413 e. The molecule has 0 spiro atoms. The molecule has 0 atom stereocenters. The first-order chi connectivity index (χ1) is 7.34. The lowest BCUT2D eigenvalue weighted by Gasteiger charge is -2.21. The van der Waals surface area contributed by atoms with E-state index in [2.05, 4.69) is 10.3 Å². The number of rotatable bonds is 2. The second-order valence-electron chi connectivity index (χ2n) is 3.69. The molecule has 15 heavy (non-hydrogen) atoms. The van der Waals surface area contributed by atoms with E-state index in [1.165, 1.54) is 30.6 Å². The third kappa shape index (κ3) is 3.20. The van der Waals surface area contributed by atoms with Crippen LogP contribution in [0.2, 0.25) is 0 Å². The fourth-order valence-electron chi connectivity index (χ4n) is 1.79. The van der Waals surface area contributed by atoms with E-state index >= 15 is 0 Å². The van der Waals surface area contributed by atoms with Crippen LogP contribution in [0.1, 0.15) is 32.1 Å². The van der Waals surface area contributed by atoms with Gasteiger partial charge in [0.2, 0.25) is 5.06 Å². The van der Waals surface area contributed by atoms with E-state index in [1.54, 1.807) is 11.7 Å². The molecule has 82 valence electrons. The van der Waals surface area contributed by atoms with Gasteiger partial charge in [0.25, 0.3) is 0 Å². The molecule has 0 unspecified atom stereocenters. The van der Waals surface area contributed by atoms with Gasteiger partial charge in [0.1, 0.15) is 0 Å². The molecule has 5 heteroatoms. The van der Waals surface area contributed by atoms with Gasteiger partial charge in [0, 0.05) is 6.04 Å². The van der Waals surface area contributed by atoms with Gasteiger partial charge >= 0.3 is 6.09 Å². The smallest absolute Gasteiger partial charge is 0.397 e. The zero-order valence-electron chi connectivity index (χ0n) is 8.44. The summed E-state index contributed by atoms with van der Waals surface area (Å²) in [5.41, 5.74) is 1.64. The van der Waals surface area contributed by atoms with Gasteiger partial charge in [0.15, 0.2) is 0 Å². The molecule has 0 bridgehead atoms. The highest BCUT2D eigenvalue weighted by molar-refractivity contribution is 7.11. The topological polar surface area (TPSA) is 51.2 Å². The fourth-order valence-corrected chi connectivity index (χ4v) is 2.26. The van der Waals surface area contributed by atoms with E-state index in [0.717, 1.165) is 12.8 Å². The Kier molecular flexibility index (Phi) is 3.55. The van der Waals surface area contributed by atoms with E-state index < -0.39 is 0 Å². The summed E-state index contributed by atoms with van der Waals surface area (Å²) in [6.07, 6.45) is 7.01. The van der Waals surface area contributed by atoms with Crippen LogP contribution in [-0.2, 0) is 0 Å². The van der Waals surface area contributed by atoms with Crippen molar-refractivity contribution in [2.45, 2.75) is 38.1 Å². The first-order valence-corrected chi connectivity index (χ1v) is 6.09. The second-order valence-corrected chi connectivity index (χ2v) is 4.54. The molecular weight excluding hydrogens is 212 g/mol. The molecule has 2 rings (SSSR count). The first-order valence-electron chi connectivity index (χ1n) is 5.21. The molecule has 1 fully saturated rings. The predicted octanol–water partition coefficient (Wildman–Crippen LogP) is 2.56. The fraction of sp³-hybridized carbons (Fsp3) is 0.600. The van der Waals surface area contributed by atoms with Crippen LogP contribution in [0, 0.1) is 0 Å². The SMILES string of the molecule is O=C(NC1CCCCC1)Oc1cncs1. The number of nitrogens with zero attached hydrogens (tertiary/aromatic N) is 1. The molecule has 1 aromatic heterocycles. The van der Waals surface area contributed by atoms with Gasteiger partial charge in [-0.15, -0.1) is 0 Å². The summed E-state index contributed by atoms with van der Waals surface area (Å²) in [5, 5.41) is 3.42. The summed E-state index contributed by atoms with van der Waals surface area (Å²) < 4.78 is 5.06. The van der Waals surface area contributed by atoms with Crippen molar-refractivity contribution >= 4 is 17.4 Å². The Hall–Kier alpha value is -1.10. The van der Waals surface area contributed by atoms with E-state index in [-0.39, 0.29) is 6.09 Å². The molecule has 1 aliphatic carbocycles. The average molecular weight is 226 g/mol. The van der Waals surface area contributed by atoms with E-state index in [4.69, 9.17) is 4.74 Å². The van der Waals surface area contributed by atoms with Gasteiger partial charge in [-0.2, -0.15) is 0 Å². The predicted molar refractivity (Wildman–Crippen MR) is 58.1 cm³/mol. The molecule has 0 radical (unpaired) electrons. The van der Waals surface area contributed by atoms with Crippen molar-refractivity contribution in [2.75, 3.05) is 0 Å². The minimum Gasteiger partial charge on any atom is -0.397 e. The molecule has 1 aromatic rings. The third-order valence-electron chi connectivity index (χ3n) is 2.53. The molecular formula is C10H14N2O2S. The molecule has 1 amide bonds. The molecule has 1 aliphatic rings. The van der Waals surface area contributed by atoms with E-state index in [9.17, 15) is 4.79 Å². The molecule has 1 heterocycles. The van der Waals surface area contributed by atoms with Crippen molar-refractivity contribution in [3.63, 3.8) is 0 Å². The van der Waals surface area contributed by atoms with Crippen LogP contribution < -0.4 is 10.1 Å². The van der Waals surface area contributed by atoms with E-state index in [1.807, 2.05) is 0 Å². The quantitative estimate of drug-likeness (QED) is 0.843. The van der Waals surface area contributed by atoms with E-state index in [0.29, 0.717) is 11.1 Å². The zero-order valence-corrected chi connectivity index (χ0v) is 9.26. The highest BCUT2D eigenvalue weighted by atomic mass is 32.1.